The van der Waals surface area contributed by atoms with Gasteiger partial charge in [-0.1, -0.05) is 30.3 Å². The summed E-state index contributed by atoms with van der Waals surface area (Å²) >= 11 is 4.35. The number of amides is 1. The maximum absolute atomic E-state index is 13.3. The largest absolute Gasteiger partial charge is 0.487 e. The van der Waals surface area contributed by atoms with Gasteiger partial charge in [-0.05, 0) is 92.7 Å². The number of carbonyl (C=O) groups is 1. The summed E-state index contributed by atoms with van der Waals surface area (Å²) in [4.78, 5) is 12.3. The Bertz CT molecular complexity index is 1230. The zero-order valence-corrected chi connectivity index (χ0v) is 20.3. The summed E-state index contributed by atoms with van der Waals surface area (Å²) < 4.78 is 26.5. The summed E-state index contributed by atoms with van der Waals surface area (Å²) in [6, 6.07) is 19.2. The molecule has 4 rings (SSSR count). The molecule has 0 aliphatic heterocycles. The molecule has 0 radical (unpaired) electrons. The second-order valence-electron chi connectivity index (χ2n) is 6.58. The summed E-state index contributed by atoms with van der Waals surface area (Å²) in [5.41, 5.74) is 4.68. The number of carbonyl (C=O) groups excluding carboxylic acids is 1. The molecule has 31 heavy (non-hydrogen) atoms. The predicted octanol–water partition coefficient (Wildman–Crippen LogP) is 6.12. The van der Waals surface area contributed by atoms with Crippen molar-refractivity contribution in [3.05, 3.63) is 96.6 Å². The molecule has 0 aliphatic carbocycles. The number of nitrogens with zero attached hydrogens (tertiary/aromatic N) is 1. The quantitative estimate of drug-likeness (QED) is 0.157. The van der Waals surface area contributed by atoms with Crippen LogP contribution in [-0.2, 0) is 6.61 Å². The van der Waals surface area contributed by atoms with Crippen molar-refractivity contribution < 1.29 is 18.3 Å². The molecular weight excluding hydrogens is 625 g/mol. The predicted molar refractivity (Wildman–Crippen MR) is 134 cm³/mol. The van der Waals surface area contributed by atoms with Gasteiger partial charge in [0.2, 0.25) is 0 Å². The number of hydrazone groups is 1. The van der Waals surface area contributed by atoms with Crippen LogP contribution in [0, 0.1) is 13.0 Å². The van der Waals surface area contributed by atoms with Gasteiger partial charge in [-0.25, -0.2) is 9.82 Å². The van der Waals surface area contributed by atoms with Gasteiger partial charge in [0.1, 0.15) is 23.8 Å². The molecule has 0 atom stereocenters. The molecule has 8 heteroatoms. The SMILES string of the molecule is O=C(N/N=C/c1cc(I)c(OCc2cccc(F)c2)c(I)c1)c1cc2ccccc2o1. The van der Waals surface area contributed by atoms with Gasteiger partial charge in [0.05, 0.1) is 13.4 Å². The first-order chi connectivity index (χ1) is 15.0. The molecule has 0 spiro atoms. The maximum atomic E-state index is 13.3. The standard InChI is InChI=1S/C23H15FI2N2O3/c24-17-6-3-4-14(8-17)13-30-22-18(25)9-15(10-19(22)26)12-27-28-23(29)21-11-16-5-1-2-7-20(16)31-21/h1-12H,13H2,(H,28,29)/b27-12+. The fourth-order valence-electron chi connectivity index (χ4n) is 2.89. The Balaban J connectivity index is 1.41. The van der Waals surface area contributed by atoms with Crippen LogP contribution >= 0.6 is 45.2 Å². The number of furan rings is 1. The lowest BCUT2D eigenvalue weighted by molar-refractivity contribution is 0.0929. The third kappa shape index (κ3) is 5.42. The fraction of sp³-hybridized carbons (Fsp3) is 0.0435. The van der Waals surface area contributed by atoms with E-state index in [-0.39, 0.29) is 18.2 Å². The highest BCUT2D eigenvalue weighted by Crippen LogP contribution is 2.29. The van der Waals surface area contributed by atoms with Crippen molar-refractivity contribution in [1.29, 1.82) is 0 Å². The van der Waals surface area contributed by atoms with Gasteiger partial charge in [-0.3, -0.25) is 4.79 Å². The zero-order valence-electron chi connectivity index (χ0n) is 15.9. The normalized spacial score (nSPS) is 11.2. The highest BCUT2D eigenvalue weighted by Gasteiger charge is 2.12. The van der Waals surface area contributed by atoms with Gasteiger partial charge in [0.25, 0.3) is 0 Å². The van der Waals surface area contributed by atoms with Gasteiger partial charge in [-0.15, -0.1) is 0 Å². The minimum atomic E-state index is -0.424. The molecule has 0 bridgehead atoms. The molecule has 4 aromatic rings. The summed E-state index contributed by atoms with van der Waals surface area (Å²) in [6.45, 7) is 0.269. The van der Waals surface area contributed by atoms with E-state index in [4.69, 9.17) is 9.15 Å². The minimum absolute atomic E-state index is 0.198. The lowest BCUT2D eigenvalue weighted by Gasteiger charge is -2.11. The molecule has 5 nitrogen and oxygen atoms in total. The molecule has 0 fully saturated rings. The van der Waals surface area contributed by atoms with E-state index in [9.17, 15) is 9.18 Å². The highest BCUT2D eigenvalue weighted by atomic mass is 127. The lowest BCUT2D eigenvalue weighted by Crippen LogP contribution is -2.16. The Morgan fingerprint density at radius 2 is 1.84 bits per heavy atom. The number of rotatable bonds is 6. The number of hydrogen-bond donors (Lipinski definition) is 1. The zero-order chi connectivity index (χ0) is 21.8. The van der Waals surface area contributed by atoms with Crippen molar-refractivity contribution >= 4 is 68.3 Å². The molecule has 0 saturated heterocycles. The van der Waals surface area contributed by atoms with Crippen LogP contribution in [0.3, 0.4) is 0 Å². The van der Waals surface area contributed by atoms with Crippen molar-refractivity contribution in [2.45, 2.75) is 6.61 Å². The van der Waals surface area contributed by atoms with Gasteiger partial charge < -0.3 is 9.15 Å². The van der Waals surface area contributed by atoms with Crippen LogP contribution in [-0.4, -0.2) is 12.1 Å². The Morgan fingerprint density at radius 1 is 1.06 bits per heavy atom. The van der Waals surface area contributed by atoms with Crippen molar-refractivity contribution in [3.63, 3.8) is 0 Å². The molecule has 0 saturated carbocycles. The number of nitrogens with one attached hydrogen (secondary N) is 1. The lowest BCUT2D eigenvalue weighted by atomic mass is 10.2. The third-order valence-corrected chi connectivity index (χ3v) is 5.92. The van der Waals surface area contributed by atoms with Gasteiger partial charge in [-0.2, -0.15) is 5.10 Å². The Hall–Kier alpha value is -2.47. The van der Waals surface area contributed by atoms with E-state index in [2.05, 4.69) is 55.7 Å². The van der Waals surface area contributed by atoms with Crippen molar-refractivity contribution in [2.75, 3.05) is 0 Å². The van der Waals surface area contributed by atoms with Gasteiger partial charge in [0, 0.05) is 5.39 Å². The Morgan fingerprint density at radius 3 is 2.58 bits per heavy atom. The molecule has 1 amide bonds. The molecule has 1 heterocycles. The number of benzene rings is 3. The molecule has 156 valence electrons. The van der Waals surface area contributed by atoms with E-state index in [1.54, 1.807) is 24.4 Å². The first-order valence-corrected chi connectivity index (χ1v) is 11.3. The summed E-state index contributed by atoms with van der Waals surface area (Å²) in [5, 5.41) is 4.89. The van der Waals surface area contributed by atoms with E-state index >= 15 is 0 Å². The topological polar surface area (TPSA) is 63.8 Å². The highest BCUT2D eigenvalue weighted by molar-refractivity contribution is 14.1. The van der Waals surface area contributed by atoms with Crippen molar-refractivity contribution in [3.8, 4) is 5.75 Å². The molecule has 0 aliphatic rings. The van der Waals surface area contributed by atoms with Crippen LogP contribution in [0.25, 0.3) is 11.0 Å². The number of ether oxygens (including phenoxy) is 1. The molecular formula is C23H15FI2N2O3. The van der Waals surface area contributed by atoms with Gasteiger partial charge >= 0.3 is 5.91 Å². The van der Waals surface area contributed by atoms with E-state index in [0.717, 1.165) is 23.7 Å². The molecule has 0 unspecified atom stereocenters. The average molecular weight is 640 g/mol. The monoisotopic (exact) mass is 640 g/mol. The second-order valence-corrected chi connectivity index (χ2v) is 8.90. The summed E-state index contributed by atoms with van der Waals surface area (Å²) in [6.07, 6.45) is 1.56. The van der Waals surface area contributed by atoms with E-state index in [0.29, 0.717) is 11.3 Å². The summed E-state index contributed by atoms with van der Waals surface area (Å²) in [7, 11) is 0. The van der Waals surface area contributed by atoms with Crippen LogP contribution in [0.15, 0.2) is 76.2 Å². The molecule has 3 aromatic carbocycles. The van der Waals surface area contributed by atoms with Gasteiger partial charge in [0.15, 0.2) is 5.76 Å². The van der Waals surface area contributed by atoms with Crippen molar-refractivity contribution in [2.24, 2.45) is 5.10 Å². The second kappa shape index (κ2) is 9.77. The maximum Gasteiger partial charge on any atom is 0.307 e. The van der Waals surface area contributed by atoms with Crippen LogP contribution in [0.5, 0.6) is 5.75 Å². The number of halogens is 3. The first-order valence-electron chi connectivity index (χ1n) is 9.18. The number of hydrogen-bond acceptors (Lipinski definition) is 4. The number of fused-ring (bicyclic) bond motifs is 1. The van der Waals surface area contributed by atoms with Crippen LogP contribution in [0.1, 0.15) is 21.7 Å². The van der Waals surface area contributed by atoms with E-state index < -0.39 is 5.91 Å². The molecule has 1 N–H and O–H groups in total. The van der Waals surface area contributed by atoms with Crippen LogP contribution in [0.4, 0.5) is 4.39 Å². The Kier molecular flexibility index (Phi) is 6.86. The summed E-state index contributed by atoms with van der Waals surface area (Å²) in [5.74, 6) is 0.200. The van der Waals surface area contributed by atoms with Crippen molar-refractivity contribution in [1.82, 2.24) is 5.43 Å². The fourth-order valence-corrected chi connectivity index (χ4v) is 5.02. The van der Waals surface area contributed by atoms with Crippen LogP contribution in [0.2, 0.25) is 0 Å². The number of para-hydroxylation sites is 1. The van der Waals surface area contributed by atoms with Crippen LogP contribution < -0.4 is 10.2 Å². The molecule has 1 aromatic heterocycles. The third-order valence-electron chi connectivity index (χ3n) is 4.32. The minimum Gasteiger partial charge on any atom is -0.487 e. The smallest absolute Gasteiger partial charge is 0.307 e. The van der Waals surface area contributed by atoms with E-state index in [1.807, 2.05) is 36.4 Å². The Labute approximate surface area is 204 Å². The first kappa shape index (κ1) is 21.8. The average Bonchev–Trinajstić information content (AvgIpc) is 3.18. The van der Waals surface area contributed by atoms with E-state index in [1.165, 1.54) is 12.1 Å².